The van der Waals surface area contributed by atoms with Crippen molar-refractivity contribution in [1.29, 1.82) is 0 Å². The average molecular weight is 1060 g/mol. The van der Waals surface area contributed by atoms with Gasteiger partial charge in [0.2, 0.25) is 0 Å². The van der Waals surface area contributed by atoms with Gasteiger partial charge in [-0.3, -0.25) is 28.0 Å². The molecule has 408 valence electrons. The van der Waals surface area contributed by atoms with Crippen molar-refractivity contribution in [2.75, 3.05) is 25.6 Å². The van der Waals surface area contributed by atoms with Crippen molar-refractivity contribution in [2.45, 2.75) is 166 Å². The molecule has 0 radical (unpaired) electrons. The number of allylic oxidation sites excluding steroid dienone is 16. The van der Waals surface area contributed by atoms with Crippen molar-refractivity contribution < 1.29 is 71.1 Å². The van der Waals surface area contributed by atoms with Gasteiger partial charge >= 0.3 is 33.3 Å². The zero-order valence-electron chi connectivity index (χ0n) is 42.4. The first-order valence-electron chi connectivity index (χ1n) is 25.2. The summed E-state index contributed by atoms with van der Waals surface area (Å²) >= 11 is 0. The summed E-state index contributed by atoms with van der Waals surface area (Å²) in [6.45, 7) is 1.76. The van der Waals surface area contributed by atoms with Crippen molar-refractivity contribution in [3.05, 3.63) is 120 Å². The van der Waals surface area contributed by atoms with Crippen LogP contribution in [0.2, 0.25) is 0 Å². The second kappa shape index (κ2) is 38.9. The Balaban J connectivity index is 1.86. The van der Waals surface area contributed by atoms with E-state index >= 15 is 0 Å². The van der Waals surface area contributed by atoms with Crippen LogP contribution < -0.4 is 11.4 Å². The number of carbonyl (C=O) groups excluding carboxylic acids is 3. The van der Waals surface area contributed by atoms with E-state index in [0.717, 1.165) is 94.2 Å². The third kappa shape index (κ3) is 31.6. The number of ketones is 1. The predicted octanol–water partition coefficient (Wildman–Crippen LogP) is 9.62. The molecule has 2 rings (SSSR count). The van der Waals surface area contributed by atoms with Gasteiger partial charge in [0.05, 0.1) is 13.2 Å². The van der Waals surface area contributed by atoms with E-state index in [1.807, 2.05) is 30.4 Å². The van der Waals surface area contributed by atoms with E-state index in [9.17, 15) is 48.3 Å². The molecule has 19 nitrogen and oxygen atoms in total. The monoisotopic (exact) mass is 1060 g/mol. The minimum atomic E-state index is -5.46. The number of unbranched alkanes of at least 4 members (excludes halogenated alkanes) is 7. The number of anilines is 1. The van der Waals surface area contributed by atoms with E-state index in [0.29, 0.717) is 25.7 Å². The maximum Gasteiger partial charge on any atom is 0.481 e. The van der Waals surface area contributed by atoms with E-state index in [4.69, 9.17) is 29.0 Å². The Bertz CT molecular complexity index is 2170. The smallest absolute Gasteiger partial charge is 0.462 e. The molecule has 0 aromatic carbocycles. The number of ether oxygens (including phenoxy) is 3. The molecule has 1 aliphatic rings. The number of hydrogen-bond acceptors (Lipinski definition) is 16. The van der Waals surface area contributed by atoms with Crippen molar-refractivity contribution in [2.24, 2.45) is 0 Å². The van der Waals surface area contributed by atoms with Gasteiger partial charge in [-0.15, -0.1) is 0 Å². The number of phosphoric ester groups is 2. The molecule has 6 N–H and O–H groups in total. The average Bonchev–Trinajstić information content (AvgIpc) is 3.62. The molecule has 73 heavy (non-hydrogen) atoms. The molecule has 0 bridgehead atoms. The lowest BCUT2D eigenvalue weighted by Gasteiger charge is -2.21. The highest BCUT2D eigenvalue weighted by atomic mass is 31.3. The zero-order chi connectivity index (χ0) is 53.6. The Hall–Kier alpha value is -4.65. The van der Waals surface area contributed by atoms with Crippen LogP contribution in [-0.4, -0.2) is 91.5 Å². The molecular weight excluding hydrogens is 985 g/mol. The van der Waals surface area contributed by atoms with Crippen molar-refractivity contribution in [3.63, 3.8) is 0 Å². The van der Waals surface area contributed by atoms with Crippen LogP contribution in [0.5, 0.6) is 0 Å². The van der Waals surface area contributed by atoms with E-state index in [2.05, 4.69) is 71.8 Å². The summed E-state index contributed by atoms with van der Waals surface area (Å²) in [6.07, 6.45) is 39.2. The number of nitrogens with zero attached hydrogens (tertiary/aromatic N) is 2. The van der Waals surface area contributed by atoms with Gasteiger partial charge in [0.15, 0.2) is 18.1 Å². The minimum Gasteiger partial charge on any atom is -0.462 e. The number of aliphatic hydroxyl groups is 2. The van der Waals surface area contributed by atoms with Gasteiger partial charge in [-0.25, -0.2) is 13.9 Å². The van der Waals surface area contributed by atoms with Gasteiger partial charge in [-0.1, -0.05) is 137 Å². The number of rotatable bonds is 40. The summed E-state index contributed by atoms with van der Waals surface area (Å²) in [7, 11) is -10.9. The van der Waals surface area contributed by atoms with E-state index in [1.165, 1.54) is 6.07 Å². The second-order valence-corrected chi connectivity index (χ2v) is 20.0. The van der Waals surface area contributed by atoms with Crippen LogP contribution in [0.4, 0.5) is 5.82 Å². The van der Waals surface area contributed by atoms with Crippen LogP contribution in [0, 0.1) is 0 Å². The fourth-order valence-electron chi connectivity index (χ4n) is 6.73. The summed E-state index contributed by atoms with van der Waals surface area (Å²) in [5.41, 5.74) is 4.57. The van der Waals surface area contributed by atoms with Crippen LogP contribution in [-0.2, 0) is 51.1 Å². The molecule has 0 spiro atoms. The Morgan fingerprint density at radius 1 is 0.712 bits per heavy atom. The quantitative estimate of drug-likeness (QED) is 0.0102. The third-order valence-electron chi connectivity index (χ3n) is 10.6. The molecular formula is C52H79N3O16P2. The lowest BCUT2D eigenvalue weighted by molar-refractivity contribution is -0.161. The maximum atomic E-state index is 12.8. The molecule has 2 unspecified atom stereocenters. The highest BCUT2D eigenvalue weighted by Gasteiger charge is 2.46. The minimum absolute atomic E-state index is 0.0542. The Morgan fingerprint density at radius 2 is 1.30 bits per heavy atom. The topological polar surface area (TPSA) is 283 Å². The fraction of sp³-hybridized carbons (Fsp3) is 0.558. The molecule has 1 fully saturated rings. The van der Waals surface area contributed by atoms with Gasteiger partial charge in [0.1, 0.15) is 30.7 Å². The number of nitrogens with two attached hydrogens (primary N) is 1. The molecule has 0 saturated carbocycles. The lowest BCUT2D eigenvalue weighted by Crippen LogP contribution is -2.36. The van der Waals surface area contributed by atoms with E-state index in [-0.39, 0.29) is 24.4 Å². The van der Waals surface area contributed by atoms with Crippen LogP contribution in [0.3, 0.4) is 0 Å². The van der Waals surface area contributed by atoms with Crippen LogP contribution in [0.1, 0.15) is 142 Å². The summed E-state index contributed by atoms with van der Waals surface area (Å²) in [5.74, 6) is -1.35. The van der Waals surface area contributed by atoms with E-state index < -0.39 is 83.7 Å². The van der Waals surface area contributed by atoms with E-state index in [1.54, 1.807) is 18.2 Å². The highest BCUT2D eigenvalue weighted by Crippen LogP contribution is 2.60. The Kier molecular flexibility index (Phi) is 34.3. The molecule has 1 aliphatic heterocycles. The predicted molar refractivity (Wildman–Crippen MR) is 280 cm³/mol. The number of aromatic nitrogens is 2. The first-order valence-corrected chi connectivity index (χ1v) is 28.2. The summed E-state index contributed by atoms with van der Waals surface area (Å²) in [5, 5.41) is 20.9. The molecule has 21 heteroatoms. The summed E-state index contributed by atoms with van der Waals surface area (Å²) in [6, 6.07) is 1.24. The largest absolute Gasteiger partial charge is 0.481 e. The van der Waals surface area contributed by atoms with Crippen LogP contribution >= 0.6 is 15.6 Å². The van der Waals surface area contributed by atoms with Gasteiger partial charge in [-0.05, 0) is 82.8 Å². The van der Waals surface area contributed by atoms with Gasteiger partial charge in [0, 0.05) is 25.5 Å². The summed E-state index contributed by atoms with van der Waals surface area (Å²) < 4.78 is 56.6. The molecule has 0 aliphatic carbocycles. The molecule has 1 aromatic rings. The Labute approximate surface area is 430 Å². The number of phosphoric acid groups is 2. The highest BCUT2D eigenvalue weighted by molar-refractivity contribution is 7.61. The second-order valence-electron chi connectivity index (χ2n) is 17.0. The van der Waals surface area contributed by atoms with Crippen LogP contribution in [0.25, 0.3) is 0 Å². The lowest BCUT2D eigenvalue weighted by atomic mass is 10.1. The molecule has 1 saturated heterocycles. The standard InChI is InChI=1S/C52H79N3O16P2/c1-3-5-7-8-9-10-11-12-13-14-15-16-17-18-19-22-26-29-33-37-48(58)69-44(40-66-47(57)36-32-28-25-23-20-21-24-27-31-35-43(56)34-30-6-4-2)41-67-72(62,63)71-73(64,65)68-42-45-49(59)50(60)51(70-45)55-39-38-46(53)54-52(55)61/h5,7,9-10,12-13,15-16,18-19,24,26-27,29,31,35,38-39,44-45,49-51,59-60H,3-4,6,8,11,14,17,20-23,25,28,30,32-34,36-37,40-42H2,1-2H3,(H,62,63)(H,64,65)(H2,53,54,61)/b7-5-,10-9-,13-12-,16-15-,19-18-,27-24-,29-26-,35-31+/t44-,45-,49-,50-,51-/m1/s1. The van der Waals surface area contributed by atoms with Gasteiger partial charge < -0.3 is 39.9 Å². The Morgan fingerprint density at radius 3 is 1.93 bits per heavy atom. The molecule has 7 atom stereocenters. The van der Waals surface area contributed by atoms with Crippen LogP contribution in [0.15, 0.2) is 114 Å². The SMILES string of the molecule is CC/C=C\C/C=C\C/C=C\C/C=C\C/C=C\C/C=C\CCC(=O)O[C@H](COC(=O)CCCCCCC/C=C\C=C\C(=O)CCCCC)COP(=O)(O)OP(=O)(O)OC[C@H]1O[C@@H](n2ccc(N)nc2=O)[C@H](O)[C@@H]1O. The van der Waals surface area contributed by atoms with Crippen molar-refractivity contribution in [3.8, 4) is 0 Å². The van der Waals surface area contributed by atoms with Gasteiger partial charge in [-0.2, -0.15) is 9.29 Å². The zero-order valence-corrected chi connectivity index (χ0v) is 44.2. The first-order chi connectivity index (χ1) is 35.1. The molecule has 2 heterocycles. The summed E-state index contributed by atoms with van der Waals surface area (Å²) in [4.78, 5) is 73.7. The van der Waals surface area contributed by atoms with Crippen molar-refractivity contribution >= 4 is 39.2 Å². The van der Waals surface area contributed by atoms with Gasteiger partial charge in [0.25, 0.3) is 0 Å². The number of hydrogen-bond donors (Lipinski definition) is 5. The maximum absolute atomic E-state index is 12.8. The number of nitrogen functional groups attached to an aromatic ring is 1. The molecule has 0 amide bonds. The third-order valence-corrected chi connectivity index (χ3v) is 13.2. The van der Waals surface area contributed by atoms with Crippen molar-refractivity contribution in [1.82, 2.24) is 9.55 Å². The number of esters is 2. The normalized spacial score (nSPS) is 19.7. The first kappa shape index (κ1) is 64.5. The number of aliphatic hydroxyl groups excluding tert-OH is 2. The molecule has 1 aromatic heterocycles. The number of carbonyl (C=O) groups is 3. The fourth-order valence-corrected chi connectivity index (χ4v) is 8.84.